The van der Waals surface area contributed by atoms with Crippen molar-refractivity contribution in [3.8, 4) is 44.5 Å². The van der Waals surface area contributed by atoms with E-state index in [9.17, 15) is 0 Å². The highest BCUT2D eigenvalue weighted by molar-refractivity contribution is 6.22. The second kappa shape index (κ2) is 15.8. The van der Waals surface area contributed by atoms with E-state index in [1.54, 1.807) is 0 Å². The van der Waals surface area contributed by atoms with Crippen LogP contribution in [0.2, 0.25) is 0 Å². The normalized spacial score (nSPS) is 12.6. The fourth-order valence-electron chi connectivity index (χ4n) is 10.9. The standard InChI is InChI=1S/C65H43NO/c1-5-17-44(18-6-1)46-29-31-49(32-30-46)55-41-42-61(62-58-39-35-48-21-13-14-26-54(48)63(58)67-64(55)62)66(52-36-33-47(34-37-52)45-19-7-2-8-20-45)53-38-40-57-56-27-15-16-28-59(56)65(60(57)43-53,50-22-9-3-10-23-50)51-24-11-4-12-25-51/h1-43H. The van der Waals surface area contributed by atoms with Crippen molar-refractivity contribution in [2.75, 3.05) is 4.90 Å². The number of anilines is 3. The van der Waals surface area contributed by atoms with Crippen LogP contribution < -0.4 is 4.90 Å². The Morgan fingerprint density at radius 3 is 1.49 bits per heavy atom. The summed E-state index contributed by atoms with van der Waals surface area (Å²) in [5, 5.41) is 4.39. The smallest absolute Gasteiger partial charge is 0.145 e. The van der Waals surface area contributed by atoms with Gasteiger partial charge in [0, 0.05) is 27.7 Å². The number of nitrogens with zero attached hydrogens (tertiary/aromatic N) is 1. The molecule has 0 bridgehead atoms. The first-order chi connectivity index (χ1) is 33.2. The van der Waals surface area contributed by atoms with Gasteiger partial charge in [-0.15, -0.1) is 0 Å². The van der Waals surface area contributed by atoms with Gasteiger partial charge in [-0.05, 0) is 109 Å². The van der Waals surface area contributed by atoms with Gasteiger partial charge in [0.1, 0.15) is 11.2 Å². The lowest BCUT2D eigenvalue weighted by molar-refractivity contribution is 0.674. The number of rotatable bonds is 8. The number of furan rings is 1. The molecule has 0 spiro atoms. The minimum Gasteiger partial charge on any atom is -0.455 e. The Hall–Kier alpha value is -8.72. The SMILES string of the molecule is c1ccc(-c2ccc(-c3ccc(N(c4ccc(-c5ccccc5)cc4)c4ccc5c(c4)C(c4ccccc4)(c4ccccc4)c4ccccc4-5)c4c3oc3c5ccccc5ccc34)cc2)cc1. The van der Waals surface area contributed by atoms with E-state index < -0.39 is 5.41 Å². The summed E-state index contributed by atoms with van der Waals surface area (Å²) in [7, 11) is 0. The Morgan fingerprint density at radius 1 is 0.313 bits per heavy atom. The lowest BCUT2D eigenvalue weighted by Gasteiger charge is -2.35. The monoisotopic (exact) mass is 853 g/mol. The van der Waals surface area contributed by atoms with Crippen LogP contribution in [0.3, 0.4) is 0 Å². The summed E-state index contributed by atoms with van der Waals surface area (Å²) in [6, 6.07) is 94.9. The Labute approximate surface area is 390 Å². The molecule has 0 saturated carbocycles. The molecule has 1 heterocycles. The highest BCUT2D eigenvalue weighted by atomic mass is 16.3. The van der Waals surface area contributed by atoms with Crippen LogP contribution >= 0.6 is 0 Å². The van der Waals surface area contributed by atoms with Crippen molar-refractivity contribution < 1.29 is 4.42 Å². The van der Waals surface area contributed by atoms with Crippen LogP contribution in [-0.4, -0.2) is 0 Å². The van der Waals surface area contributed by atoms with Crippen molar-refractivity contribution in [2.45, 2.75) is 5.41 Å². The topological polar surface area (TPSA) is 16.4 Å². The molecule has 11 aromatic carbocycles. The first-order valence-corrected chi connectivity index (χ1v) is 23.1. The van der Waals surface area contributed by atoms with E-state index in [0.717, 1.165) is 60.9 Å². The maximum atomic E-state index is 7.24. The van der Waals surface area contributed by atoms with Gasteiger partial charge in [0.15, 0.2) is 0 Å². The van der Waals surface area contributed by atoms with Crippen LogP contribution in [0.25, 0.3) is 77.2 Å². The van der Waals surface area contributed by atoms with Gasteiger partial charge in [-0.25, -0.2) is 0 Å². The average molecular weight is 854 g/mol. The van der Waals surface area contributed by atoms with Crippen LogP contribution in [0.5, 0.6) is 0 Å². The van der Waals surface area contributed by atoms with Crippen molar-refractivity contribution in [1.29, 1.82) is 0 Å². The third-order valence-corrected chi connectivity index (χ3v) is 14.0. The minimum atomic E-state index is -0.556. The van der Waals surface area contributed by atoms with Gasteiger partial charge in [-0.3, -0.25) is 0 Å². The molecule has 0 N–H and O–H groups in total. The van der Waals surface area contributed by atoms with Crippen molar-refractivity contribution in [3.05, 3.63) is 283 Å². The lowest BCUT2D eigenvalue weighted by atomic mass is 9.67. The zero-order chi connectivity index (χ0) is 44.3. The largest absolute Gasteiger partial charge is 0.455 e. The lowest BCUT2D eigenvalue weighted by Crippen LogP contribution is -2.28. The molecule has 0 atom stereocenters. The van der Waals surface area contributed by atoms with Crippen molar-refractivity contribution in [1.82, 2.24) is 0 Å². The fourth-order valence-corrected chi connectivity index (χ4v) is 10.9. The van der Waals surface area contributed by atoms with E-state index in [4.69, 9.17) is 4.42 Å². The van der Waals surface area contributed by atoms with Gasteiger partial charge in [0.2, 0.25) is 0 Å². The number of fused-ring (bicyclic) bond motifs is 8. The highest BCUT2D eigenvalue weighted by Gasteiger charge is 2.46. The van der Waals surface area contributed by atoms with E-state index in [2.05, 4.69) is 266 Å². The predicted molar refractivity (Wildman–Crippen MR) is 280 cm³/mol. The second-order valence-corrected chi connectivity index (χ2v) is 17.6. The maximum absolute atomic E-state index is 7.24. The van der Waals surface area contributed by atoms with Crippen LogP contribution in [-0.2, 0) is 5.41 Å². The summed E-state index contributed by atoms with van der Waals surface area (Å²) in [6.45, 7) is 0. The second-order valence-electron chi connectivity index (χ2n) is 17.6. The van der Waals surface area contributed by atoms with E-state index >= 15 is 0 Å². The first kappa shape index (κ1) is 38.7. The Balaban J connectivity index is 1.09. The molecule has 314 valence electrons. The van der Waals surface area contributed by atoms with E-state index in [1.807, 2.05) is 0 Å². The van der Waals surface area contributed by atoms with Gasteiger partial charge >= 0.3 is 0 Å². The quantitative estimate of drug-likeness (QED) is 0.151. The summed E-state index contributed by atoms with van der Waals surface area (Å²) in [5.41, 5.74) is 18.7. The molecule has 0 aliphatic heterocycles. The molecule has 0 fully saturated rings. The Morgan fingerprint density at radius 2 is 0.821 bits per heavy atom. The van der Waals surface area contributed by atoms with Crippen molar-refractivity contribution >= 4 is 49.8 Å². The van der Waals surface area contributed by atoms with Crippen LogP contribution in [0.15, 0.2) is 265 Å². The van der Waals surface area contributed by atoms with Crippen molar-refractivity contribution in [2.24, 2.45) is 0 Å². The molecule has 0 amide bonds. The summed E-state index contributed by atoms with van der Waals surface area (Å²) in [4.78, 5) is 2.45. The maximum Gasteiger partial charge on any atom is 0.145 e. The zero-order valence-electron chi connectivity index (χ0n) is 36.7. The summed E-state index contributed by atoms with van der Waals surface area (Å²) in [5.74, 6) is 0. The number of hydrogen-bond donors (Lipinski definition) is 0. The number of benzene rings is 11. The molecular formula is C65H43NO. The molecule has 13 rings (SSSR count). The van der Waals surface area contributed by atoms with Crippen LogP contribution in [0.4, 0.5) is 17.1 Å². The molecular weight excluding hydrogens is 811 g/mol. The predicted octanol–water partition coefficient (Wildman–Crippen LogP) is 17.6. The molecule has 0 radical (unpaired) electrons. The molecule has 0 saturated heterocycles. The molecule has 1 aliphatic carbocycles. The summed E-state index contributed by atoms with van der Waals surface area (Å²) < 4.78 is 7.24. The molecule has 2 nitrogen and oxygen atoms in total. The fraction of sp³-hybridized carbons (Fsp3) is 0.0154. The summed E-state index contributed by atoms with van der Waals surface area (Å²) >= 11 is 0. The third kappa shape index (κ3) is 6.18. The van der Waals surface area contributed by atoms with Gasteiger partial charge in [0.05, 0.1) is 16.5 Å². The molecule has 2 heteroatoms. The van der Waals surface area contributed by atoms with E-state index in [1.165, 1.54) is 55.6 Å². The average Bonchev–Trinajstić information content (AvgIpc) is 3.95. The molecule has 1 aromatic heterocycles. The van der Waals surface area contributed by atoms with Gasteiger partial charge in [-0.2, -0.15) is 0 Å². The van der Waals surface area contributed by atoms with E-state index in [-0.39, 0.29) is 0 Å². The van der Waals surface area contributed by atoms with Crippen LogP contribution in [0, 0.1) is 0 Å². The van der Waals surface area contributed by atoms with E-state index in [0.29, 0.717) is 0 Å². The molecule has 1 aliphatic rings. The van der Waals surface area contributed by atoms with Gasteiger partial charge in [-0.1, -0.05) is 218 Å². The molecule has 67 heavy (non-hydrogen) atoms. The van der Waals surface area contributed by atoms with Gasteiger partial charge in [0.25, 0.3) is 0 Å². The number of hydrogen-bond acceptors (Lipinski definition) is 2. The summed E-state index contributed by atoms with van der Waals surface area (Å²) in [6.07, 6.45) is 0. The van der Waals surface area contributed by atoms with Crippen LogP contribution in [0.1, 0.15) is 22.3 Å². The molecule has 12 aromatic rings. The highest BCUT2D eigenvalue weighted by Crippen LogP contribution is 2.58. The Bertz CT molecular complexity index is 3720. The first-order valence-electron chi connectivity index (χ1n) is 23.1. The van der Waals surface area contributed by atoms with Crippen molar-refractivity contribution in [3.63, 3.8) is 0 Å². The van der Waals surface area contributed by atoms with Gasteiger partial charge < -0.3 is 9.32 Å². The molecule has 0 unspecified atom stereocenters. The minimum absolute atomic E-state index is 0.556. The Kier molecular flexibility index (Phi) is 9.11. The zero-order valence-corrected chi connectivity index (χ0v) is 36.7. The third-order valence-electron chi connectivity index (χ3n) is 14.0.